The molecule has 0 fully saturated rings. The Balaban J connectivity index is 1.78. The van der Waals surface area contributed by atoms with E-state index < -0.39 is 4.92 Å². The molecule has 3 rings (SSSR count). The molecule has 1 aromatic carbocycles. The molecule has 0 saturated heterocycles. The van der Waals surface area contributed by atoms with Gasteiger partial charge in [0, 0.05) is 0 Å². The van der Waals surface area contributed by atoms with Gasteiger partial charge in [-0.1, -0.05) is 12.1 Å². The normalized spacial score (nSPS) is 12.2. The molecule has 1 amide bonds. The van der Waals surface area contributed by atoms with Gasteiger partial charge in [-0.3, -0.25) is 19.6 Å². The maximum atomic E-state index is 12.6. The predicted molar refractivity (Wildman–Crippen MR) is 108 cm³/mol. The molecule has 2 N–H and O–H groups in total. The highest BCUT2D eigenvalue weighted by Crippen LogP contribution is 2.22. The molecule has 0 radical (unpaired) electrons. The topological polar surface area (TPSA) is 119 Å². The van der Waals surface area contributed by atoms with Gasteiger partial charge in [-0.15, -0.1) is 0 Å². The van der Waals surface area contributed by atoms with Crippen LogP contribution in [0.5, 0.6) is 0 Å². The molecule has 0 aliphatic rings. The monoisotopic (exact) mass is 402 g/mol. The van der Waals surface area contributed by atoms with E-state index in [4.69, 9.17) is 0 Å². The number of H-pyrrole nitrogens is 1. The van der Waals surface area contributed by atoms with E-state index in [2.05, 4.69) is 20.4 Å². The molecule has 0 spiro atoms. The number of fused-ring (bicyclic) bond motifs is 1. The van der Waals surface area contributed by atoms with Crippen molar-refractivity contribution < 1.29 is 9.72 Å². The number of rotatable bonds is 8. The van der Waals surface area contributed by atoms with Crippen molar-refractivity contribution in [1.82, 2.24) is 25.1 Å². The van der Waals surface area contributed by atoms with Crippen molar-refractivity contribution in [2.24, 2.45) is 0 Å². The number of para-hydroxylation sites is 2. The average molecular weight is 402 g/mol. The van der Waals surface area contributed by atoms with E-state index in [1.54, 1.807) is 25.6 Å². The van der Waals surface area contributed by atoms with Crippen LogP contribution in [-0.2, 0) is 11.3 Å². The lowest BCUT2D eigenvalue weighted by Crippen LogP contribution is -2.33. The minimum absolute atomic E-state index is 0.0518. The zero-order chi connectivity index (χ0) is 20.3. The van der Waals surface area contributed by atoms with Crippen molar-refractivity contribution >= 4 is 34.4 Å². The molecule has 28 heavy (non-hydrogen) atoms. The first-order chi connectivity index (χ1) is 13.4. The number of aryl methyl sites for hydroxylation is 1. The SMILES string of the molecule is CSCC[C@H](NC(=O)Cn1nc(C)c([N+](=O)[O-])c1C)c1nc2ccccc2[nH]1. The van der Waals surface area contributed by atoms with Crippen LogP contribution in [0.25, 0.3) is 11.0 Å². The summed E-state index contributed by atoms with van der Waals surface area (Å²) in [6.07, 6.45) is 2.72. The summed E-state index contributed by atoms with van der Waals surface area (Å²) in [7, 11) is 0. The van der Waals surface area contributed by atoms with Gasteiger partial charge in [0.05, 0.1) is 22.0 Å². The number of hydrogen-bond donors (Lipinski definition) is 2. The van der Waals surface area contributed by atoms with E-state index in [1.165, 1.54) is 4.68 Å². The highest BCUT2D eigenvalue weighted by molar-refractivity contribution is 7.98. The Morgan fingerprint density at radius 3 is 2.79 bits per heavy atom. The molecule has 2 heterocycles. The van der Waals surface area contributed by atoms with Crippen LogP contribution in [0, 0.1) is 24.0 Å². The van der Waals surface area contributed by atoms with Crippen LogP contribution in [0.4, 0.5) is 5.69 Å². The molecule has 1 atom stereocenters. The van der Waals surface area contributed by atoms with Gasteiger partial charge in [0.2, 0.25) is 5.91 Å². The Labute approximate surface area is 166 Å². The third-order valence-electron chi connectivity index (χ3n) is 4.50. The summed E-state index contributed by atoms with van der Waals surface area (Å²) in [6.45, 7) is 3.07. The smallest absolute Gasteiger partial charge is 0.312 e. The third kappa shape index (κ3) is 4.16. The summed E-state index contributed by atoms with van der Waals surface area (Å²) in [4.78, 5) is 31.2. The third-order valence-corrected chi connectivity index (χ3v) is 5.15. The minimum atomic E-state index is -0.470. The summed E-state index contributed by atoms with van der Waals surface area (Å²) >= 11 is 1.69. The molecule has 0 saturated carbocycles. The number of carbonyl (C=O) groups is 1. The Morgan fingerprint density at radius 1 is 1.39 bits per heavy atom. The number of imidazole rings is 1. The van der Waals surface area contributed by atoms with E-state index in [9.17, 15) is 14.9 Å². The highest BCUT2D eigenvalue weighted by Gasteiger charge is 2.24. The first-order valence-corrected chi connectivity index (χ1v) is 10.2. The fourth-order valence-electron chi connectivity index (χ4n) is 3.13. The van der Waals surface area contributed by atoms with E-state index >= 15 is 0 Å². The van der Waals surface area contributed by atoms with Gasteiger partial charge < -0.3 is 10.3 Å². The maximum Gasteiger partial charge on any atom is 0.312 e. The van der Waals surface area contributed by atoms with Crippen molar-refractivity contribution in [3.05, 3.63) is 51.6 Å². The molecule has 9 nitrogen and oxygen atoms in total. The lowest BCUT2D eigenvalue weighted by molar-refractivity contribution is -0.386. The van der Waals surface area contributed by atoms with E-state index in [0.29, 0.717) is 23.6 Å². The predicted octanol–water partition coefficient (Wildman–Crippen LogP) is 2.90. The zero-order valence-corrected chi connectivity index (χ0v) is 16.7. The quantitative estimate of drug-likeness (QED) is 0.442. The van der Waals surface area contributed by atoms with Gasteiger partial charge in [-0.25, -0.2) is 4.98 Å². The van der Waals surface area contributed by atoms with E-state index in [1.807, 2.05) is 30.5 Å². The Kier molecular flexibility index (Phi) is 5.98. The van der Waals surface area contributed by atoms with Crippen LogP contribution in [0.3, 0.4) is 0 Å². The number of carbonyl (C=O) groups excluding carboxylic acids is 1. The molecule has 0 aliphatic carbocycles. The van der Waals surface area contributed by atoms with Gasteiger partial charge in [0.15, 0.2) is 0 Å². The summed E-state index contributed by atoms with van der Waals surface area (Å²) in [5.41, 5.74) is 2.36. The fraction of sp³-hybridized carbons (Fsp3) is 0.389. The van der Waals surface area contributed by atoms with Gasteiger partial charge in [-0.05, 0) is 44.4 Å². The number of benzene rings is 1. The van der Waals surface area contributed by atoms with Crippen molar-refractivity contribution in [2.75, 3.05) is 12.0 Å². The first-order valence-electron chi connectivity index (χ1n) is 8.82. The number of nitro groups is 1. The van der Waals surface area contributed by atoms with Crippen LogP contribution in [-0.4, -0.2) is 42.6 Å². The summed E-state index contributed by atoms with van der Waals surface area (Å²) in [5.74, 6) is 1.28. The van der Waals surface area contributed by atoms with Crippen LogP contribution in [0.15, 0.2) is 24.3 Å². The van der Waals surface area contributed by atoms with Gasteiger partial charge in [0.1, 0.15) is 23.8 Å². The van der Waals surface area contributed by atoms with Crippen molar-refractivity contribution in [2.45, 2.75) is 32.9 Å². The van der Waals surface area contributed by atoms with Gasteiger partial charge >= 0.3 is 5.69 Å². The van der Waals surface area contributed by atoms with Crippen molar-refractivity contribution in [1.29, 1.82) is 0 Å². The Hall–Kier alpha value is -2.88. The molecule has 0 unspecified atom stereocenters. The lowest BCUT2D eigenvalue weighted by atomic mass is 10.2. The standard InChI is InChI=1S/C18H22N6O3S/c1-11-17(24(26)27)12(2)23(22-11)10-16(25)19-15(8-9-28-3)18-20-13-6-4-5-7-14(13)21-18/h4-7,15H,8-10H2,1-3H3,(H,19,25)(H,20,21)/t15-/m0/s1. The maximum absolute atomic E-state index is 12.6. The first kappa shape index (κ1) is 19.9. The molecule has 2 aromatic heterocycles. The second kappa shape index (κ2) is 8.42. The molecular weight excluding hydrogens is 380 g/mol. The minimum Gasteiger partial charge on any atom is -0.345 e. The van der Waals surface area contributed by atoms with Crippen LogP contribution in [0.2, 0.25) is 0 Å². The van der Waals surface area contributed by atoms with Crippen LogP contribution in [0.1, 0.15) is 29.7 Å². The Morgan fingerprint density at radius 2 is 2.14 bits per heavy atom. The number of thioether (sulfide) groups is 1. The highest BCUT2D eigenvalue weighted by atomic mass is 32.2. The number of nitrogens with zero attached hydrogens (tertiary/aromatic N) is 4. The second-order valence-electron chi connectivity index (χ2n) is 6.47. The summed E-state index contributed by atoms with van der Waals surface area (Å²) in [5, 5.41) is 18.3. The van der Waals surface area contributed by atoms with Gasteiger partial charge in [0.25, 0.3) is 0 Å². The molecular formula is C18H22N6O3S. The lowest BCUT2D eigenvalue weighted by Gasteiger charge is -2.16. The number of amides is 1. The van der Waals surface area contributed by atoms with Gasteiger partial charge in [-0.2, -0.15) is 16.9 Å². The molecule has 148 valence electrons. The Bertz CT molecular complexity index is 979. The molecule has 0 aliphatic heterocycles. The largest absolute Gasteiger partial charge is 0.345 e. The number of aromatic amines is 1. The zero-order valence-electron chi connectivity index (χ0n) is 15.9. The molecule has 10 heteroatoms. The average Bonchev–Trinajstić information content (AvgIpc) is 3.19. The second-order valence-corrected chi connectivity index (χ2v) is 7.46. The number of aromatic nitrogens is 4. The number of hydrogen-bond acceptors (Lipinski definition) is 6. The summed E-state index contributed by atoms with van der Waals surface area (Å²) in [6, 6.07) is 7.42. The van der Waals surface area contributed by atoms with Crippen LogP contribution >= 0.6 is 11.8 Å². The molecule has 3 aromatic rings. The van der Waals surface area contributed by atoms with E-state index in [-0.39, 0.29) is 24.2 Å². The fourth-order valence-corrected chi connectivity index (χ4v) is 3.60. The number of nitrogens with one attached hydrogen (secondary N) is 2. The van der Waals surface area contributed by atoms with Crippen molar-refractivity contribution in [3.63, 3.8) is 0 Å². The summed E-state index contributed by atoms with van der Waals surface area (Å²) < 4.78 is 1.37. The molecule has 0 bridgehead atoms. The van der Waals surface area contributed by atoms with Crippen LogP contribution < -0.4 is 5.32 Å². The van der Waals surface area contributed by atoms with Crippen molar-refractivity contribution in [3.8, 4) is 0 Å². The van der Waals surface area contributed by atoms with E-state index in [0.717, 1.165) is 16.8 Å².